The van der Waals surface area contributed by atoms with Crippen molar-refractivity contribution < 1.29 is 14.7 Å². The number of nitrogens with one attached hydrogen (secondary N) is 1. The van der Waals surface area contributed by atoms with Gasteiger partial charge in [0.1, 0.15) is 6.04 Å². The fourth-order valence-electron chi connectivity index (χ4n) is 2.74. The molecule has 1 aliphatic carbocycles. The molecule has 6 nitrogen and oxygen atoms in total. The minimum atomic E-state index is -1.04. The van der Waals surface area contributed by atoms with Crippen molar-refractivity contribution in [2.24, 2.45) is 13.0 Å². The van der Waals surface area contributed by atoms with Gasteiger partial charge < -0.3 is 15.0 Å². The van der Waals surface area contributed by atoms with Crippen molar-refractivity contribution in [3.05, 3.63) is 46.2 Å². The van der Waals surface area contributed by atoms with Crippen LogP contribution in [0.2, 0.25) is 0 Å². The fourth-order valence-corrected chi connectivity index (χ4v) is 2.74. The van der Waals surface area contributed by atoms with Gasteiger partial charge in [0.25, 0.3) is 11.5 Å². The summed E-state index contributed by atoms with van der Waals surface area (Å²) in [5.41, 5.74) is 0.549. The molecule has 1 amide bonds. The first-order valence-electron chi connectivity index (χ1n) is 7.60. The lowest BCUT2D eigenvalue weighted by molar-refractivity contribution is -0.139. The minimum absolute atomic E-state index is 0.214. The largest absolute Gasteiger partial charge is 0.480 e. The number of amides is 1. The summed E-state index contributed by atoms with van der Waals surface area (Å²) in [6.45, 7) is 0. The van der Waals surface area contributed by atoms with Gasteiger partial charge in [0, 0.05) is 18.5 Å². The Morgan fingerprint density at radius 2 is 2.04 bits per heavy atom. The molecule has 1 fully saturated rings. The van der Waals surface area contributed by atoms with Gasteiger partial charge in [-0.15, -0.1) is 0 Å². The fraction of sp³-hybridized carbons (Fsp3) is 0.353. The summed E-state index contributed by atoms with van der Waals surface area (Å²) in [7, 11) is 1.64. The number of carboxylic acids is 1. The summed E-state index contributed by atoms with van der Waals surface area (Å²) in [6.07, 6.45) is 2.45. The van der Waals surface area contributed by atoms with Crippen molar-refractivity contribution in [3.63, 3.8) is 0 Å². The highest BCUT2D eigenvalue weighted by molar-refractivity contribution is 6.07. The van der Waals surface area contributed by atoms with E-state index in [1.165, 1.54) is 10.6 Å². The van der Waals surface area contributed by atoms with E-state index in [-0.39, 0.29) is 11.1 Å². The molecule has 0 radical (unpaired) electrons. The van der Waals surface area contributed by atoms with Gasteiger partial charge in [-0.05, 0) is 18.4 Å². The molecule has 1 unspecified atom stereocenters. The molecule has 23 heavy (non-hydrogen) atoms. The van der Waals surface area contributed by atoms with Crippen molar-refractivity contribution in [2.75, 3.05) is 0 Å². The highest BCUT2D eigenvalue weighted by Gasteiger charge is 2.30. The molecule has 2 aromatic rings. The van der Waals surface area contributed by atoms with Crippen LogP contribution in [0.4, 0.5) is 0 Å². The van der Waals surface area contributed by atoms with Crippen molar-refractivity contribution in [1.29, 1.82) is 0 Å². The molecule has 1 atom stereocenters. The van der Waals surface area contributed by atoms with E-state index in [1.54, 1.807) is 31.3 Å². The second kappa shape index (κ2) is 5.87. The topological polar surface area (TPSA) is 88.4 Å². The van der Waals surface area contributed by atoms with Crippen LogP contribution < -0.4 is 10.9 Å². The zero-order chi connectivity index (χ0) is 16.6. The van der Waals surface area contributed by atoms with Crippen LogP contribution in [0.3, 0.4) is 0 Å². The van der Waals surface area contributed by atoms with E-state index in [0.717, 1.165) is 12.8 Å². The summed E-state index contributed by atoms with van der Waals surface area (Å²) in [5, 5.41) is 12.5. The third kappa shape index (κ3) is 3.11. The van der Waals surface area contributed by atoms with Gasteiger partial charge in [-0.2, -0.15) is 0 Å². The lowest BCUT2D eigenvalue weighted by atomic mass is 10.1. The van der Waals surface area contributed by atoms with E-state index >= 15 is 0 Å². The van der Waals surface area contributed by atoms with Crippen LogP contribution in [0.25, 0.3) is 10.9 Å². The van der Waals surface area contributed by atoms with E-state index in [4.69, 9.17) is 0 Å². The predicted octanol–water partition coefficient (Wildman–Crippen LogP) is 1.52. The number of rotatable bonds is 5. The lowest BCUT2D eigenvalue weighted by Crippen LogP contribution is -2.41. The normalized spacial score (nSPS) is 15.3. The average molecular weight is 314 g/mol. The zero-order valence-corrected chi connectivity index (χ0v) is 12.8. The molecular weight excluding hydrogens is 296 g/mol. The third-order valence-electron chi connectivity index (χ3n) is 4.27. The minimum Gasteiger partial charge on any atom is -0.480 e. The van der Waals surface area contributed by atoms with Crippen molar-refractivity contribution in [2.45, 2.75) is 25.3 Å². The number of carbonyl (C=O) groups is 2. The summed E-state index contributed by atoms with van der Waals surface area (Å²) in [4.78, 5) is 35.9. The summed E-state index contributed by atoms with van der Waals surface area (Å²) < 4.78 is 1.46. The lowest BCUT2D eigenvalue weighted by Gasteiger charge is -2.15. The first-order chi connectivity index (χ1) is 11.0. The van der Waals surface area contributed by atoms with E-state index in [2.05, 4.69) is 5.32 Å². The highest BCUT2D eigenvalue weighted by atomic mass is 16.4. The third-order valence-corrected chi connectivity index (χ3v) is 4.27. The number of nitrogens with zero attached hydrogens (tertiary/aromatic N) is 1. The van der Waals surface area contributed by atoms with Crippen molar-refractivity contribution >= 4 is 22.8 Å². The number of carbonyl (C=O) groups excluding carboxylic acids is 1. The Morgan fingerprint density at radius 1 is 1.35 bits per heavy atom. The van der Waals surface area contributed by atoms with E-state index in [0.29, 0.717) is 23.2 Å². The SMILES string of the molecule is Cn1c(=O)cc(C(=O)NC(CC2CC2)C(=O)O)c2ccccc21. The van der Waals surface area contributed by atoms with Gasteiger partial charge in [0.15, 0.2) is 0 Å². The van der Waals surface area contributed by atoms with Gasteiger partial charge >= 0.3 is 5.97 Å². The first-order valence-corrected chi connectivity index (χ1v) is 7.60. The molecular formula is C17H18N2O4. The standard InChI is InChI=1S/C17H18N2O4/c1-19-14-5-3-2-4-11(14)12(9-15(19)20)16(21)18-13(17(22)23)8-10-6-7-10/h2-5,9-10,13H,6-8H2,1H3,(H,18,21)(H,22,23). The molecule has 3 rings (SSSR count). The maximum atomic E-state index is 12.5. The van der Waals surface area contributed by atoms with Gasteiger partial charge in [-0.3, -0.25) is 9.59 Å². The smallest absolute Gasteiger partial charge is 0.326 e. The van der Waals surface area contributed by atoms with E-state index in [1.807, 2.05) is 0 Å². The maximum absolute atomic E-state index is 12.5. The van der Waals surface area contributed by atoms with Gasteiger partial charge in [-0.1, -0.05) is 31.0 Å². The van der Waals surface area contributed by atoms with Crippen LogP contribution in [-0.4, -0.2) is 27.6 Å². The van der Waals surface area contributed by atoms with Crippen LogP contribution >= 0.6 is 0 Å². The first kappa shape index (κ1) is 15.3. The Labute approximate surface area is 132 Å². The number of aryl methyl sites for hydroxylation is 1. The number of aromatic nitrogens is 1. The van der Waals surface area contributed by atoms with Gasteiger partial charge in [-0.25, -0.2) is 4.79 Å². The number of aliphatic carboxylic acids is 1. The van der Waals surface area contributed by atoms with Crippen LogP contribution in [0.1, 0.15) is 29.6 Å². The molecule has 1 aromatic carbocycles. The second-order valence-corrected chi connectivity index (χ2v) is 6.02. The maximum Gasteiger partial charge on any atom is 0.326 e. The van der Waals surface area contributed by atoms with Crippen molar-refractivity contribution in [3.8, 4) is 0 Å². The molecule has 0 bridgehead atoms. The molecule has 1 aliphatic rings. The molecule has 1 aromatic heterocycles. The predicted molar refractivity (Wildman–Crippen MR) is 85.4 cm³/mol. The molecule has 0 spiro atoms. The zero-order valence-electron chi connectivity index (χ0n) is 12.8. The molecule has 0 aliphatic heterocycles. The number of pyridine rings is 1. The molecule has 1 heterocycles. The van der Waals surface area contributed by atoms with Crippen molar-refractivity contribution in [1.82, 2.24) is 9.88 Å². The summed E-state index contributed by atoms with van der Waals surface area (Å²) in [5.74, 6) is -1.19. The Bertz CT molecular complexity index is 836. The van der Waals surface area contributed by atoms with Crippen LogP contribution in [0, 0.1) is 5.92 Å². The number of benzene rings is 1. The quantitative estimate of drug-likeness (QED) is 0.876. The van der Waals surface area contributed by atoms with Crippen LogP contribution in [-0.2, 0) is 11.8 Å². The summed E-state index contributed by atoms with van der Waals surface area (Å²) in [6, 6.07) is 7.41. The Balaban J connectivity index is 1.95. The Hall–Kier alpha value is -2.63. The molecule has 1 saturated carbocycles. The number of carboxylic acid groups (broad SMARTS) is 1. The number of hydrogen-bond acceptors (Lipinski definition) is 3. The van der Waals surface area contributed by atoms with Crippen LogP contribution in [0.5, 0.6) is 0 Å². The average Bonchev–Trinajstić information content (AvgIpc) is 3.34. The second-order valence-electron chi connectivity index (χ2n) is 6.02. The van der Waals surface area contributed by atoms with Crippen LogP contribution in [0.15, 0.2) is 35.1 Å². The summed E-state index contributed by atoms with van der Waals surface area (Å²) >= 11 is 0. The molecule has 6 heteroatoms. The number of fused-ring (bicyclic) bond motifs is 1. The van der Waals surface area contributed by atoms with E-state index in [9.17, 15) is 19.5 Å². The molecule has 0 saturated heterocycles. The molecule has 2 N–H and O–H groups in total. The van der Waals surface area contributed by atoms with E-state index < -0.39 is 17.9 Å². The monoisotopic (exact) mass is 314 g/mol. The Morgan fingerprint density at radius 3 is 2.70 bits per heavy atom. The number of hydrogen-bond donors (Lipinski definition) is 2. The van der Waals surface area contributed by atoms with Gasteiger partial charge in [0.2, 0.25) is 0 Å². The van der Waals surface area contributed by atoms with Gasteiger partial charge in [0.05, 0.1) is 11.1 Å². The Kier molecular flexibility index (Phi) is 3.90. The molecule has 120 valence electrons. The number of para-hydroxylation sites is 1. The highest BCUT2D eigenvalue weighted by Crippen LogP contribution is 2.33.